The fraction of sp³-hybridized carbons (Fsp3) is 0.714. The van der Waals surface area contributed by atoms with Gasteiger partial charge in [-0.2, -0.15) is 0 Å². The first-order chi connectivity index (χ1) is 10.1. The molecule has 7 heteroatoms. The Morgan fingerprint density at radius 3 is 2.90 bits per heavy atom. The van der Waals surface area contributed by atoms with Crippen molar-refractivity contribution in [1.29, 1.82) is 0 Å². The van der Waals surface area contributed by atoms with E-state index in [2.05, 4.69) is 5.32 Å². The molecule has 0 aromatic heterocycles. The zero-order chi connectivity index (χ0) is 15.2. The maximum atomic E-state index is 12.0. The molecule has 2 aliphatic heterocycles. The second kappa shape index (κ2) is 7.42. The summed E-state index contributed by atoms with van der Waals surface area (Å²) < 4.78 is 10.4. The SMILES string of the molecule is COCC1=CCN(C(=O)NCC2CCC(C(=O)O)O2)CC1. The lowest BCUT2D eigenvalue weighted by atomic mass is 10.1. The number of hydrogen-bond acceptors (Lipinski definition) is 4. The molecule has 0 bridgehead atoms. The van der Waals surface area contributed by atoms with Gasteiger partial charge in [-0.3, -0.25) is 0 Å². The summed E-state index contributed by atoms with van der Waals surface area (Å²) >= 11 is 0. The molecule has 0 aromatic rings. The van der Waals surface area contributed by atoms with Crippen LogP contribution >= 0.6 is 0 Å². The Hall–Kier alpha value is -1.60. The van der Waals surface area contributed by atoms with Gasteiger partial charge in [0.25, 0.3) is 0 Å². The van der Waals surface area contributed by atoms with Crippen LogP contribution in [0.1, 0.15) is 19.3 Å². The monoisotopic (exact) mass is 298 g/mol. The van der Waals surface area contributed by atoms with Crippen molar-refractivity contribution in [1.82, 2.24) is 10.2 Å². The number of hydrogen-bond donors (Lipinski definition) is 2. The van der Waals surface area contributed by atoms with E-state index in [4.69, 9.17) is 14.6 Å². The number of carbonyl (C=O) groups is 2. The lowest BCUT2D eigenvalue weighted by Crippen LogP contribution is -2.44. The van der Waals surface area contributed by atoms with Crippen molar-refractivity contribution in [3.05, 3.63) is 11.6 Å². The molecule has 2 unspecified atom stereocenters. The van der Waals surface area contributed by atoms with E-state index in [1.165, 1.54) is 5.57 Å². The number of methoxy groups -OCH3 is 1. The smallest absolute Gasteiger partial charge is 0.332 e. The van der Waals surface area contributed by atoms with E-state index in [-0.39, 0.29) is 12.1 Å². The Labute approximate surface area is 123 Å². The topological polar surface area (TPSA) is 88.1 Å². The summed E-state index contributed by atoms with van der Waals surface area (Å²) in [7, 11) is 1.66. The van der Waals surface area contributed by atoms with Gasteiger partial charge in [-0.25, -0.2) is 9.59 Å². The van der Waals surface area contributed by atoms with Gasteiger partial charge in [0.1, 0.15) is 0 Å². The Kier molecular flexibility index (Phi) is 5.58. The molecule has 2 atom stereocenters. The molecular formula is C14H22N2O5. The first-order valence-electron chi connectivity index (χ1n) is 7.18. The second-order valence-corrected chi connectivity index (χ2v) is 5.34. The highest BCUT2D eigenvalue weighted by Crippen LogP contribution is 2.19. The molecule has 0 aliphatic carbocycles. The molecule has 0 spiro atoms. The average molecular weight is 298 g/mol. The van der Waals surface area contributed by atoms with Crippen LogP contribution in [0.2, 0.25) is 0 Å². The van der Waals surface area contributed by atoms with Crippen LogP contribution in [0.3, 0.4) is 0 Å². The fourth-order valence-corrected chi connectivity index (χ4v) is 2.56. The highest BCUT2D eigenvalue weighted by atomic mass is 16.5. The zero-order valence-corrected chi connectivity index (χ0v) is 12.2. The van der Waals surface area contributed by atoms with E-state index in [9.17, 15) is 9.59 Å². The number of rotatable bonds is 5. The first-order valence-corrected chi connectivity index (χ1v) is 7.18. The molecule has 7 nitrogen and oxygen atoms in total. The van der Waals surface area contributed by atoms with E-state index in [0.717, 1.165) is 6.42 Å². The summed E-state index contributed by atoms with van der Waals surface area (Å²) in [5.41, 5.74) is 1.21. The predicted molar refractivity (Wildman–Crippen MR) is 75.1 cm³/mol. The molecule has 0 saturated carbocycles. The van der Waals surface area contributed by atoms with Crippen LogP contribution in [0.15, 0.2) is 11.6 Å². The minimum atomic E-state index is -0.935. The van der Waals surface area contributed by atoms with Crippen LogP contribution in [-0.2, 0) is 14.3 Å². The molecular weight excluding hydrogens is 276 g/mol. The maximum absolute atomic E-state index is 12.0. The Morgan fingerprint density at radius 2 is 2.33 bits per heavy atom. The third kappa shape index (κ3) is 4.44. The predicted octanol–water partition coefficient (Wildman–Crippen LogP) is 0.607. The van der Waals surface area contributed by atoms with Crippen LogP contribution in [0.25, 0.3) is 0 Å². The number of nitrogens with zero attached hydrogens (tertiary/aromatic N) is 1. The van der Waals surface area contributed by atoms with E-state index in [0.29, 0.717) is 39.1 Å². The third-order valence-electron chi connectivity index (χ3n) is 3.78. The standard InChI is InChI=1S/C14H22N2O5/c1-20-9-10-4-6-16(7-5-10)14(19)15-8-11-2-3-12(21-11)13(17)18/h4,11-12H,2-3,5-9H2,1H3,(H,15,19)(H,17,18). The third-order valence-corrected chi connectivity index (χ3v) is 3.78. The summed E-state index contributed by atoms with van der Waals surface area (Å²) in [6.07, 6.45) is 3.06. The first kappa shape index (κ1) is 15.8. The van der Waals surface area contributed by atoms with Crippen molar-refractivity contribution in [3.63, 3.8) is 0 Å². The number of ether oxygens (including phenoxy) is 2. The molecule has 2 amide bonds. The summed E-state index contributed by atoms with van der Waals surface area (Å²) in [6.45, 7) is 2.22. The number of urea groups is 1. The molecule has 1 saturated heterocycles. The molecule has 2 N–H and O–H groups in total. The van der Waals surface area contributed by atoms with Crippen molar-refractivity contribution < 1.29 is 24.2 Å². The van der Waals surface area contributed by atoms with Crippen LogP contribution < -0.4 is 5.32 Å². The van der Waals surface area contributed by atoms with Crippen LogP contribution in [-0.4, -0.2) is 67.6 Å². The summed E-state index contributed by atoms with van der Waals surface area (Å²) in [6, 6.07) is -0.134. The van der Waals surface area contributed by atoms with E-state index in [1.54, 1.807) is 12.0 Å². The molecule has 0 radical (unpaired) electrons. The number of carbonyl (C=O) groups excluding carboxylic acids is 1. The number of carboxylic acid groups (broad SMARTS) is 1. The highest BCUT2D eigenvalue weighted by molar-refractivity contribution is 5.75. The van der Waals surface area contributed by atoms with Crippen LogP contribution in [0.4, 0.5) is 4.79 Å². The van der Waals surface area contributed by atoms with Gasteiger partial charge >= 0.3 is 12.0 Å². The lowest BCUT2D eigenvalue weighted by molar-refractivity contribution is -0.149. The van der Waals surface area contributed by atoms with Crippen molar-refractivity contribution in [2.75, 3.05) is 33.4 Å². The van der Waals surface area contributed by atoms with Crippen molar-refractivity contribution in [2.45, 2.75) is 31.5 Å². The summed E-state index contributed by atoms with van der Waals surface area (Å²) in [5.74, 6) is -0.935. The van der Waals surface area contributed by atoms with Gasteiger partial charge in [0.05, 0.1) is 12.7 Å². The van der Waals surface area contributed by atoms with Gasteiger partial charge in [0.2, 0.25) is 0 Å². The van der Waals surface area contributed by atoms with Gasteiger partial charge in [-0.15, -0.1) is 0 Å². The highest BCUT2D eigenvalue weighted by Gasteiger charge is 2.30. The summed E-state index contributed by atoms with van der Waals surface area (Å²) in [4.78, 5) is 24.5. The number of amides is 2. The largest absolute Gasteiger partial charge is 0.479 e. The molecule has 2 aliphatic rings. The van der Waals surface area contributed by atoms with E-state index in [1.807, 2.05) is 6.08 Å². The maximum Gasteiger partial charge on any atom is 0.332 e. The van der Waals surface area contributed by atoms with Crippen LogP contribution in [0.5, 0.6) is 0 Å². The molecule has 2 rings (SSSR count). The molecule has 1 fully saturated rings. The van der Waals surface area contributed by atoms with Gasteiger partial charge in [0.15, 0.2) is 6.10 Å². The lowest BCUT2D eigenvalue weighted by Gasteiger charge is -2.27. The van der Waals surface area contributed by atoms with E-state index < -0.39 is 12.1 Å². The van der Waals surface area contributed by atoms with Gasteiger partial charge in [-0.1, -0.05) is 6.08 Å². The number of aliphatic carboxylic acids is 1. The Balaban J connectivity index is 1.70. The number of carboxylic acids is 1. The molecule has 21 heavy (non-hydrogen) atoms. The second-order valence-electron chi connectivity index (χ2n) is 5.34. The zero-order valence-electron chi connectivity index (χ0n) is 12.2. The summed E-state index contributed by atoms with van der Waals surface area (Å²) in [5, 5.41) is 11.7. The minimum absolute atomic E-state index is 0.134. The molecule has 0 aromatic carbocycles. The van der Waals surface area contributed by atoms with Gasteiger partial charge in [-0.05, 0) is 24.8 Å². The van der Waals surface area contributed by atoms with Gasteiger partial charge < -0.3 is 24.8 Å². The molecule has 2 heterocycles. The van der Waals surface area contributed by atoms with Crippen molar-refractivity contribution in [2.24, 2.45) is 0 Å². The number of nitrogens with one attached hydrogen (secondary N) is 1. The Bertz CT molecular complexity index is 424. The van der Waals surface area contributed by atoms with Gasteiger partial charge in [0, 0.05) is 26.7 Å². The Morgan fingerprint density at radius 1 is 1.52 bits per heavy atom. The quantitative estimate of drug-likeness (QED) is 0.726. The van der Waals surface area contributed by atoms with Crippen molar-refractivity contribution in [3.8, 4) is 0 Å². The fourth-order valence-electron chi connectivity index (χ4n) is 2.56. The van der Waals surface area contributed by atoms with Crippen LogP contribution in [0, 0.1) is 0 Å². The normalized spacial score (nSPS) is 25.6. The average Bonchev–Trinajstić information content (AvgIpc) is 2.95. The van der Waals surface area contributed by atoms with Crippen molar-refractivity contribution >= 4 is 12.0 Å². The molecule has 118 valence electrons. The van der Waals surface area contributed by atoms with E-state index >= 15 is 0 Å². The minimum Gasteiger partial charge on any atom is -0.479 e.